The predicted molar refractivity (Wildman–Crippen MR) is 121 cm³/mol. The highest BCUT2D eigenvalue weighted by Gasteiger charge is 2.27. The Labute approximate surface area is 187 Å². The van der Waals surface area contributed by atoms with Gasteiger partial charge in [-0.05, 0) is 68.3 Å². The summed E-state index contributed by atoms with van der Waals surface area (Å²) in [6.45, 7) is 3.61. The number of carbonyl (C=O) groups is 1. The van der Waals surface area contributed by atoms with Crippen LogP contribution in [0.2, 0.25) is 0 Å². The molecule has 0 aliphatic carbocycles. The van der Waals surface area contributed by atoms with Crippen molar-refractivity contribution in [3.05, 3.63) is 83.2 Å². The van der Waals surface area contributed by atoms with Crippen LogP contribution in [0, 0.1) is 12.7 Å². The summed E-state index contributed by atoms with van der Waals surface area (Å²) in [5.74, 6) is 0.935. The molecular formula is C25H27FN4O2. The Morgan fingerprint density at radius 3 is 2.59 bits per heavy atom. The number of methoxy groups -OCH3 is 1. The van der Waals surface area contributed by atoms with Crippen molar-refractivity contribution >= 4 is 11.6 Å². The predicted octanol–water partition coefficient (Wildman–Crippen LogP) is 4.91. The van der Waals surface area contributed by atoms with Crippen LogP contribution in [-0.4, -0.2) is 34.4 Å². The fraction of sp³-hybridized carbons (Fsp3) is 0.320. The first-order valence-corrected chi connectivity index (χ1v) is 10.8. The number of amides is 1. The molecule has 1 amide bonds. The zero-order valence-electron chi connectivity index (χ0n) is 18.3. The van der Waals surface area contributed by atoms with Crippen molar-refractivity contribution in [2.24, 2.45) is 0 Å². The summed E-state index contributed by atoms with van der Waals surface area (Å²) in [4.78, 5) is 24.3. The van der Waals surface area contributed by atoms with Crippen LogP contribution in [0.15, 0.2) is 54.7 Å². The number of halogens is 1. The van der Waals surface area contributed by atoms with Gasteiger partial charge in [-0.1, -0.05) is 18.6 Å². The first-order chi connectivity index (χ1) is 15.5. The maximum Gasteiger partial charge on any atom is 0.259 e. The summed E-state index contributed by atoms with van der Waals surface area (Å²) in [6, 6.07) is 13.9. The van der Waals surface area contributed by atoms with Crippen molar-refractivity contribution in [2.45, 2.75) is 38.8 Å². The molecule has 1 aromatic heterocycles. The van der Waals surface area contributed by atoms with Crippen molar-refractivity contribution in [3.63, 3.8) is 0 Å². The summed E-state index contributed by atoms with van der Waals surface area (Å²) in [7, 11) is 1.67. The quantitative estimate of drug-likeness (QED) is 0.597. The average Bonchev–Trinajstić information content (AvgIpc) is 2.81. The van der Waals surface area contributed by atoms with Gasteiger partial charge in [-0.2, -0.15) is 0 Å². The molecule has 32 heavy (non-hydrogen) atoms. The van der Waals surface area contributed by atoms with Crippen LogP contribution in [0.1, 0.15) is 52.7 Å². The van der Waals surface area contributed by atoms with Gasteiger partial charge in [0.1, 0.15) is 17.4 Å². The van der Waals surface area contributed by atoms with Gasteiger partial charge >= 0.3 is 0 Å². The fourth-order valence-corrected chi connectivity index (χ4v) is 4.04. The van der Waals surface area contributed by atoms with Crippen LogP contribution in [0.4, 0.5) is 10.1 Å². The minimum atomic E-state index is -0.349. The molecule has 2 aromatic carbocycles. The number of nitrogens with one attached hydrogen (secondary N) is 1. The number of carbonyl (C=O) groups excluding carboxylic acids is 1. The van der Waals surface area contributed by atoms with E-state index in [1.165, 1.54) is 29.8 Å². The van der Waals surface area contributed by atoms with Crippen molar-refractivity contribution in [1.82, 2.24) is 14.9 Å². The maximum atomic E-state index is 13.1. The lowest BCUT2D eigenvalue weighted by Crippen LogP contribution is -2.34. The number of piperidine rings is 1. The Balaban J connectivity index is 1.49. The SMILES string of the molecule is COc1ccc(CN2CCCCC2c2ncc(C(=O)Nc3ccc(F)cc3)c(C)n2)cc1. The number of benzene rings is 2. The standard InChI is InChI=1S/C25H27FN4O2/c1-17-22(25(31)29-20-10-8-19(26)9-11-20)15-27-24(28-17)23-5-3-4-14-30(23)16-18-6-12-21(32-2)13-7-18/h6-13,15,23H,3-5,14,16H2,1-2H3,(H,29,31). The molecule has 166 valence electrons. The largest absolute Gasteiger partial charge is 0.497 e. The molecule has 0 spiro atoms. The van der Waals surface area contributed by atoms with Crippen LogP contribution in [-0.2, 0) is 6.54 Å². The number of ether oxygens (including phenoxy) is 1. The second-order valence-electron chi connectivity index (χ2n) is 8.02. The van der Waals surface area contributed by atoms with Gasteiger partial charge < -0.3 is 10.1 Å². The molecule has 0 bridgehead atoms. The van der Waals surface area contributed by atoms with Crippen LogP contribution in [0.3, 0.4) is 0 Å². The van der Waals surface area contributed by atoms with Gasteiger partial charge in [0.15, 0.2) is 0 Å². The van der Waals surface area contributed by atoms with Gasteiger partial charge in [-0.15, -0.1) is 0 Å². The lowest BCUT2D eigenvalue weighted by Gasteiger charge is -2.34. The Morgan fingerprint density at radius 2 is 1.91 bits per heavy atom. The number of likely N-dealkylation sites (tertiary alicyclic amines) is 1. The monoisotopic (exact) mass is 434 g/mol. The lowest BCUT2D eigenvalue weighted by atomic mass is 10.00. The fourth-order valence-electron chi connectivity index (χ4n) is 4.04. The third-order valence-corrected chi connectivity index (χ3v) is 5.80. The van der Waals surface area contributed by atoms with Crippen LogP contribution in [0.25, 0.3) is 0 Å². The zero-order valence-corrected chi connectivity index (χ0v) is 18.3. The number of hydrogen-bond acceptors (Lipinski definition) is 5. The van der Waals surface area contributed by atoms with Crippen LogP contribution >= 0.6 is 0 Å². The smallest absolute Gasteiger partial charge is 0.259 e. The van der Waals surface area contributed by atoms with E-state index in [0.29, 0.717) is 16.9 Å². The number of rotatable bonds is 6. The Hall–Kier alpha value is -3.32. The molecule has 6 nitrogen and oxygen atoms in total. The molecule has 1 fully saturated rings. The highest BCUT2D eigenvalue weighted by molar-refractivity contribution is 6.04. The lowest BCUT2D eigenvalue weighted by molar-refractivity contribution is 0.102. The normalized spacial score (nSPS) is 16.5. The molecule has 7 heteroatoms. The van der Waals surface area contributed by atoms with E-state index in [-0.39, 0.29) is 17.8 Å². The number of anilines is 1. The second-order valence-corrected chi connectivity index (χ2v) is 8.02. The Kier molecular flexibility index (Phi) is 6.75. The van der Waals surface area contributed by atoms with E-state index in [9.17, 15) is 9.18 Å². The number of aryl methyl sites for hydroxylation is 1. The van der Waals surface area contributed by atoms with E-state index >= 15 is 0 Å². The van der Waals surface area contributed by atoms with Crippen molar-refractivity contribution in [2.75, 3.05) is 19.0 Å². The third kappa shape index (κ3) is 5.11. The van der Waals surface area contributed by atoms with E-state index in [0.717, 1.165) is 43.9 Å². The molecule has 1 saturated heterocycles. The van der Waals surface area contributed by atoms with Gasteiger partial charge in [0.05, 0.1) is 24.4 Å². The maximum absolute atomic E-state index is 13.1. The van der Waals surface area contributed by atoms with Gasteiger partial charge in [0.25, 0.3) is 5.91 Å². The van der Waals surface area contributed by atoms with Crippen molar-refractivity contribution < 1.29 is 13.9 Å². The molecule has 1 aliphatic rings. The van der Waals surface area contributed by atoms with Crippen LogP contribution in [0.5, 0.6) is 5.75 Å². The highest BCUT2D eigenvalue weighted by atomic mass is 19.1. The molecule has 1 N–H and O–H groups in total. The highest BCUT2D eigenvalue weighted by Crippen LogP contribution is 2.31. The van der Waals surface area contributed by atoms with E-state index in [1.807, 2.05) is 19.1 Å². The first kappa shape index (κ1) is 21.9. The first-order valence-electron chi connectivity index (χ1n) is 10.8. The molecule has 0 radical (unpaired) electrons. The summed E-state index contributed by atoms with van der Waals surface area (Å²) >= 11 is 0. The Bertz CT molecular complexity index is 1070. The summed E-state index contributed by atoms with van der Waals surface area (Å²) in [5.41, 5.74) is 2.78. The minimum Gasteiger partial charge on any atom is -0.497 e. The third-order valence-electron chi connectivity index (χ3n) is 5.80. The molecule has 4 rings (SSSR count). The number of nitrogens with zero attached hydrogens (tertiary/aromatic N) is 3. The molecule has 0 saturated carbocycles. The van der Waals surface area contributed by atoms with E-state index in [4.69, 9.17) is 9.72 Å². The molecule has 1 atom stereocenters. The summed E-state index contributed by atoms with van der Waals surface area (Å²) < 4.78 is 18.3. The van der Waals surface area contributed by atoms with E-state index < -0.39 is 0 Å². The average molecular weight is 435 g/mol. The molecular weight excluding hydrogens is 407 g/mol. The molecule has 1 aliphatic heterocycles. The van der Waals surface area contributed by atoms with E-state index in [1.54, 1.807) is 13.3 Å². The van der Waals surface area contributed by atoms with Crippen molar-refractivity contribution in [1.29, 1.82) is 0 Å². The van der Waals surface area contributed by atoms with Crippen LogP contribution < -0.4 is 10.1 Å². The summed E-state index contributed by atoms with van der Waals surface area (Å²) in [6.07, 6.45) is 4.84. The number of aromatic nitrogens is 2. The van der Waals surface area contributed by atoms with E-state index in [2.05, 4.69) is 27.3 Å². The van der Waals surface area contributed by atoms with Crippen molar-refractivity contribution in [3.8, 4) is 5.75 Å². The summed E-state index contributed by atoms with van der Waals surface area (Å²) in [5, 5.41) is 2.77. The second kappa shape index (κ2) is 9.87. The zero-order chi connectivity index (χ0) is 22.5. The molecule has 3 aromatic rings. The Morgan fingerprint density at radius 1 is 1.16 bits per heavy atom. The molecule has 2 heterocycles. The number of hydrogen-bond donors (Lipinski definition) is 1. The van der Waals surface area contributed by atoms with Gasteiger partial charge in [-0.25, -0.2) is 14.4 Å². The van der Waals surface area contributed by atoms with Gasteiger partial charge in [0, 0.05) is 18.4 Å². The van der Waals surface area contributed by atoms with Gasteiger partial charge in [0.2, 0.25) is 0 Å². The topological polar surface area (TPSA) is 67.3 Å². The van der Waals surface area contributed by atoms with Gasteiger partial charge in [-0.3, -0.25) is 9.69 Å². The molecule has 1 unspecified atom stereocenters. The minimum absolute atomic E-state index is 0.110.